The predicted octanol–water partition coefficient (Wildman–Crippen LogP) is 9.29. The highest BCUT2D eigenvalue weighted by Crippen LogP contribution is 2.27. The molecule has 19 nitrogen and oxygen atoms in total. The lowest BCUT2D eigenvalue weighted by molar-refractivity contribution is -0.105. The summed E-state index contributed by atoms with van der Waals surface area (Å²) in [5, 5.41) is 23.0. The summed E-state index contributed by atoms with van der Waals surface area (Å²) in [6.45, 7) is 13.0. The molecule has 0 unspecified atom stereocenters. The Kier molecular flexibility index (Phi) is 18.3. The Morgan fingerprint density at radius 1 is 0.550 bits per heavy atom. The molecule has 0 aromatic heterocycles. The Labute approximate surface area is 347 Å². The van der Waals surface area contributed by atoms with Gasteiger partial charge < -0.3 is 19.5 Å². The lowest BCUT2D eigenvalue weighted by Gasteiger charge is -2.31. The first kappa shape index (κ1) is 47.2. The Bertz CT molecular complexity index is 1980. The second-order valence-electron chi connectivity index (χ2n) is 13.7. The maximum atomic E-state index is 13.1. The van der Waals surface area contributed by atoms with E-state index in [1.54, 1.807) is 84.0 Å². The number of amides is 6. The maximum absolute atomic E-state index is 13.1. The smallest absolute Gasteiger partial charge is 0.437 e. The zero-order chi connectivity index (χ0) is 44.2. The van der Waals surface area contributed by atoms with E-state index in [2.05, 4.69) is 42.2 Å². The monoisotopic (exact) mass is 832 g/mol. The minimum absolute atomic E-state index is 0.195. The number of oxime groups is 2. The number of ether oxygens (including phenoxy) is 3. The lowest BCUT2D eigenvalue weighted by Crippen LogP contribution is -2.40. The van der Waals surface area contributed by atoms with Crippen molar-refractivity contribution in [1.29, 1.82) is 0 Å². The molecule has 0 aliphatic rings. The van der Waals surface area contributed by atoms with Crippen molar-refractivity contribution >= 4 is 82.4 Å². The van der Waals surface area contributed by atoms with Crippen molar-refractivity contribution in [2.45, 2.75) is 74.7 Å². The molecule has 3 rings (SSSR count). The number of nitrogens with zero attached hydrogens (tertiary/aromatic N) is 2. The highest BCUT2D eigenvalue weighted by molar-refractivity contribution is 5.92. The van der Waals surface area contributed by atoms with Gasteiger partial charge in [-0.3, -0.25) is 41.1 Å². The molecule has 322 valence electrons. The predicted molar refractivity (Wildman–Crippen MR) is 228 cm³/mol. The van der Waals surface area contributed by atoms with Gasteiger partial charge in [-0.25, -0.2) is 24.0 Å². The van der Waals surface area contributed by atoms with Crippen molar-refractivity contribution in [3.63, 3.8) is 0 Å². The molecule has 6 N–H and O–H groups in total. The van der Waals surface area contributed by atoms with E-state index in [9.17, 15) is 28.8 Å². The fourth-order valence-corrected chi connectivity index (χ4v) is 4.77. The fourth-order valence-electron chi connectivity index (χ4n) is 4.77. The molecule has 0 atom stereocenters. The van der Waals surface area contributed by atoms with Crippen LogP contribution in [-0.2, 0) is 28.7 Å². The first-order valence-corrected chi connectivity index (χ1v) is 19.0. The number of aryl methyl sites for hydroxylation is 3. The first-order valence-electron chi connectivity index (χ1n) is 19.0. The second-order valence-corrected chi connectivity index (χ2v) is 13.7. The third-order valence-corrected chi connectivity index (χ3v) is 9.01. The molecule has 3 aromatic carbocycles. The van der Waals surface area contributed by atoms with Gasteiger partial charge in [-0.15, -0.1) is 0 Å². The average molecular weight is 833 g/mol. The van der Waals surface area contributed by atoms with Gasteiger partial charge in [-0.1, -0.05) is 49.3 Å². The second kappa shape index (κ2) is 23.3. The van der Waals surface area contributed by atoms with Crippen LogP contribution in [0.1, 0.15) is 70.6 Å². The van der Waals surface area contributed by atoms with E-state index in [1.165, 1.54) is 12.1 Å². The first-order chi connectivity index (χ1) is 28.6. The quantitative estimate of drug-likeness (QED) is 0.0232. The van der Waals surface area contributed by atoms with Gasteiger partial charge >= 0.3 is 30.5 Å². The third-order valence-electron chi connectivity index (χ3n) is 9.01. The summed E-state index contributed by atoms with van der Waals surface area (Å²) in [5.74, 6) is 0. The molecule has 0 fully saturated rings. The summed E-state index contributed by atoms with van der Waals surface area (Å²) in [4.78, 5) is 84.6. The van der Waals surface area contributed by atoms with Crippen LogP contribution in [0, 0.1) is 26.2 Å². The van der Waals surface area contributed by atoms with Crippen LogP contribution < -0.4 is 31.9 Å². The van der Waals surface area contributed by atoms with Crippen LogP contribution in [0.25, 0.3) is 0 Å². The number of rotatable bonds is 18. The van der Waals surface area contributed by atoms with Gasteiger partial charge in [-0.05, 0) is 107 Å². The summed E-state index contributed by atoms with van der Waals surface area (Å²) in [5.41, 5.74) is 4.14. The highest BCUT2D eigenvalue weighted by atomic mass is 16.7. The van der Waals surface area contributed by atoms with Crippen molar-refractivity contribution in [1.82, 2.24) is 0 Å². The molecule has 0 radical (unpaired) electrons. The van der Waals surface area contributed by atoms with E-state index in [0.29, 0.717) is 64.6 Å². The van der Waals surface area contributed by atoms with Gasteiger partial charge in [0.15, 0.2) is 0 Å². The molecule has 19 heteroatoms. The minimum Gasteiger partial charge on any atom is -0.448 e. The summed E-state index contributed by atoms with van der Waals surface area (Å²) >= 11 is 0. The molecule has 0 saturated heterocycles. The average Bonchev–Trinajstić information content (AvgIpc) is 3.22. The zero-order valence-corrected chi connectivity index (χ0v) is 34.9. The molecule has 0 heterocycles. The summed E-state index contributed by atoms with van der Waals surface area (Å²) in [7, 11) is 0. The Balaban J connectivity index is 1.74. The number of carbonyl (C=O) groups is 6. The Morgan fingerprint density at radius 2 is 0.900 bits per heavy atom. The normalized spacial score (nSPS) is 12.1. The lowest BCUT2D eigenvalue weighted by atomic mass is 9.88. The molecule has 0 aliphatic carbocycles. The molecular formula is C41H52N8O11. The van der Waals surface area contributed by atoms with Gasteiger partial charge in [-0.2, -0.15) is 0 Å². The molecule has 0 spiro atoms. The number of nitrogens with one attached hydrogen (secondary N) is 6. The number of hydrogen-bond acceptors (Lipinski definition) is 13. The number of carbonyl (C=O) groups excluding carboxylic acids is 6. The molecule has 3 aromatic rings. The summed E-state index contributed by atoms with van der Waals surface area (Å²) in [6, 6.07) is 14.4. The number of hydrogen-bond donors (Lipinski definition) is 6. The standard InChI is InChI=1S/C41H52N8O11/c1-9-28(7)48-59-39(54)46-34-19-31(16-13-26(34)5)44-37(52)57-22-41(11-3,21-56-36(51)43-30-15-12-25(4)33(18-30)42-24-50)23-58-38(53)45-32-17-14-27(6)35(20-32)47-40(55)60-49-29(8)10-2/h12-20,24H,9-11,21-23H2,1-8H3,(H,42,50)(H,43,51)(H,44,52)(H,45,53)(H,46,54)(H,47,55)/b48-28+,49-29+. The minimum atomic E-state index is -1.26. The fraction of sp³-hybridized carbons (Fsp3) is 0.366. The number of anilines is 6. The van der Waals surface area contributed by atoms with Crippen LogP contribution in [0.3, 0.4) is 0 Å². The van der Waals surface area contributed by atoms with Crippen molar-refractivity contribution in [3.8, 4) is 0 Å². The van der Waals surface area contributed by atoms with Crippen LogP contribution in [0.5, 0.6) is 0 Å². The van der Waals surface area contributed by atoms with Crippen LogP contribution in [0.4, 0.5) is 58.1 Å². The summed E-state index contributed by atoms with van der Waals surface area (Å²) in [6.07, 6.45) is -2.40. The van der Waals surface area contributed by atoms with Gasteiger partial charge in [0.1, 0.15) is 19.8 Å². The van der Waals surface area contributed by atoms with E-state index >= 15 is 0 Å². The SMILES string of the molecule is CC/C(C)=N/OC(=O)Nc1cc(NC(=O)OCC(CC)(COC(=O)Nc2ccc(C)c(NC=O)c2)COC(=O)Nc2ccc(C)c(NC(=O)O/N=C(\C)CC)c2)ccc1C. The van der Waals surface area contributed by atoms with Crippen LogP contribution in [0.2, 0.25) is 0 Å². The van der Waals surface area contributed by atoms with E-state index < -0.39 is 35.9 Å². The number of benzene rings is 3. The van der Waals surface area contributed by atoms with Gasteiger partial charge in [0.25, 0.3) is 0 Å². The van der Waals surface area contributed by atoms with Crippen molar-refractivity contribution in [2.24, 2.45) is 15.7 Å². The van der Waals surface area contributed by atoms with E-state index in [1.807, 2.05) is 13.8 Å². The van der Waals surface area contributed by atoms with Crippen molar-refractivity contribution in [2.75, 3.05) is 51.7 Å². The molecule has 0 aliphatic heterocycles. The molecule has 0 saturated carbocycles. The molecule has 6 amide bonds. The topological polar surface area (TPSA) is 245 Å². The van der Waals surface area contributed by atoms with Gasteiger partial charge in [0.2, 0.25) is 6.41 Å². The Hall–Kier alpha value is -7.18. The van der Waals surface area contributed by atoms with E-state index in [0.717, 1.165) is 5.56 Å². The van der Waals surface area contributed by atoms with Crippen LogP contribution >= 0.6 is 0 Å². The third kappa shape index (κ3) is 15.6. The van der Waals surface area contributed by atoms with Gasteiger partial charge in [0, 0.05) is 34.1 Å². The highest BCUT2D eigenvalue weighted by Gasteiger charge is 2.34. The van der Waals surface area contributed by atoms with E-state index in [4.69, 9.17) is 23.9 Å². The van der Waals surface area contributed by atoms with Gasteiger partial charge in [0.05, 0.1) is 16.8 Å². The molecule has 0 bridgehead atoms. The van der Waals surface area contributed by atoms with Crippen molar-refractivity contribution < 1.29 is 52.7 Å². The zero-order valence-electron chi connectivity index (χ0n) is 34.9. The van der Waals surface area contributed by atoms with E-state index in [-0.39, 0.29) is 37.6 Å². The molecular weight excluding hydrogens is 780 g/mol. The van der Waals surface area contributed by atoms with Crippen LogP contribution in [-0.4, -0.2) is 68.1 Å². The summed E-state index contributed by atoms with van der Waals surface area (Å²) < 4.78 is 16.7. The van der Waals surface area contributed by atoms with Crippen LogP contribution in [0.15, 0.2) is 64.9 Å². The van der Waals surface area contributed by atoms with Crippen molar-refractivity contribution in [3.05, 3.63) is 71.3 Å². The maximum Gasteiger partial charge on any atom is 0.437 e. The molecule has 60 heavy (non-hydrogen) atoms. The largest absolute Gasteiger partial charge is 0.448 e. The Morgan fingerprint density at radius 3 is 1.23 bits per heavy atom.